The van der Waals surface area contributed by atoms with E-state index in [1.54, 1.807) is 6.92 Å². The monoisotopic (exact) mass is 180 g/mol. The Hall–Kier alpha value is -1.59. The van der Waals surface area contributed by atoms with Gasteiger partial charge in [-0.3, -0.25) is 14.4 Å². The summed E-state index contributed by atoms with van der Waals surface area (Å²) >= 11 is 0. The molecule has 0 fully saturated rings. The highest BCUT2D eigenvalue weighted by molar-refractivity contribution is 5.66. The van der Waals surface area contributed by atoms with Crippen molar-refractivity contribution >= 4 is 18.4 Å². The summed E-state index contributed by atoms with van der Waals surface area (Å²) in [6, 6.07) is 0. The zero-order chi connectivity index (χ0) is 10.6. The molecule has 0 saturated heterocycles. The Kier molecular flexibility index (Phi) is 22.7. The lowest BCUT2D eigenvalue weighted by Gasteiger charge is -1.71. The molecule has 0 aliphatic carbocycles. The standard InChI is InChI=1S/C3H6O2.C2H4O2.CH2O2/c1-2-3(4)5;1-2(3)4;2-1-3/h2H2,1H3,(H,4,5);1H3,(H,3,4);1H,(H,2,3). The van der Waals surface area contributed by atoms with Crippen molar-refractivity contribution in [3.8, 4) is 0 Å². The van der Waals surface area contributed by atoms with Gasteiger partial charge in [-0.25, -0.2) is 0 Å². The van der Waals surface area contributed by atoms with Crippen LogP contribution in [-0.4, -0.2) is 33.7 Å². The van der Waals surface area contributed by atoms with Gasteiger partial charge in [-0.05, 0) is 0 Å². The first-order valence-corrected chi connectivity index (χ1v) is 2.91. The molecule has 0 aromatic rings. The van der Waals surface area contributed by atoms with Crippen LogP contribution in [0.3, 0.4) is 0 Å². The van der Waals surface area contributed by atoms with Gasteiger partial charge in [0.05, 0.1) is 0 Å². The van der Waals surface area contributed by atoms with Crippen molar-refractivity contribution in [1.82, 2.24) is 0 Å². The largest absolute Gasteiger partial charge is 0.483 e. The third kappa shape index (κ3) is 2750. The second-order valence-corrected chi connectivity index (χ2v) is 1.37. The van der Waals surface area contributed by atoms with Gasteiger partial charge in [0.2, 0.25) is 0 Å². The van der Waals surface area contributed by atoms with Crippen molar-refractivity contribution in [3.05, 3.63) is 0 Å². The second-order valence-electron chi connectivity index (χ2n) is 1.37. The minimum atomic E-state index is -0.833. The Balaban J connectivity index is -0.000000105. The molecule has 0 heterocycles. The number of carbonyl (C=O) groups is 3. The molecule has 3 N–H and O–H groups in total. The van der Waals surface area contributed by atoms with Gasteiger partial charge in [0.25, 0.3) is 12.4 Å². The number of carboxylic acid groups (broad SMARTS) is 3. The van der Waals surface area contributed by atoms with E-state index in [1.165, 1.54) is 0 Å². The van der Waals surface area contributed by atoms with Crippen LogP contribution < -0.4 is 0 Å². The zero-order valence-electron chi connectivity index (χ0n) is 6.85. The van der Waals surface area contributed by atoms with E-state index in [4.69, 9.17) is 24.9 Å². The van der Waals surface area contributed by atoms with E-state index in [1.807, 2.05) is 0 Å². The Morgan fingerprint density at radius 3 is 1.42 bits per heavy atom. The lowest BCUT2D eigenvalue weighted by molar-refractivity contribution is -0.137. The van der Waals surface area contributed by atoms with Crippen molar-refractivity contribution in [2.45, 2.75) is 20.3 Å². The van der Waals surface area contributed by atoms with E-state index in [2.05, 4.69) is 0 Å². The summed E-state index contributed by atoms with van der Waals surface area (Å²) in [5, 5.41) is 22.0. The van der Waals surface area contributed by atoms with Crippen LogP contribution in [0, 0.1) is 0 Å². The number of rotatable bonds is 1. The Morgan fingerprint density at radius 2 is 1.42 bits per heavy atom. The first kappa shape index (κ1) is 16.8. The summed E-state index contributed by atoms with van der Waals surface area (Å²) in [6.07, 6.45) is 0.222. The van der Waals surface area contributed by atoms with E-state index in [0.717, 1.165) is 6.92 Å². The molecule has 0 radical (unpaired) electrons. The molecule has 6 nitrogen and oxygen atoms in total. The fourth-order valence-electron chi connectivity index (χ4n) is 0. The van der Waals surface area contributed by atoms with Crippen LogP contribution in [0.5, 0.6) is 0 Å². The average Bonchev–Trinajstić information content (AvgIpc) is 1.88. The van der Waals surface area contributed by atoms with Crippen molar-refractivity contribution in [2.24, 2.45) is 0 Å². The Morgan fingerprint density at radius 1 is 1.33 bits per heavy atom. The molecular weight excluding hydrogens is 168 g/mol. The van der Waals surface area contributed by atoms with Gasteiger partial charge in [-0.2, -0.15) is 0 Å². The summed E-state index contributed by atoms with van der Waals surface area (Å²) < 4.78 is 0. The van der Waals surface area contributed by atoms with Gasteiger partial charge in [0.15, 0.2) is 0 Å². The van der Waals surface area contributed by atoms with E-state index in [9.17, 15) is 4.79 Å². The summed E-state index contributed by atoms with van der Waals surface area (Å²) in [6.45, 7) is 2.43. The molecule has 0 saturated carbocycles. The SMILES string of the molecule is CC(=O)O.CCC(=O)O.O=CO. The van der Waals surface area contributed by atoms with E-state index < -0.39 is 11.9 Å². The quantitative estimate of drug-likeness (QED) is 0.499. The van der Waals surface area contributed by atoms with Gasteiger partial charge >= 0.3 is 5.97 Å². The second kappa shape index (κ2) is 16.2. The lowest BCUT2D eigenvalue weighted by Crippen LogP contribution is -1.86. The van der Waals surface area contributed by atoms with E-state index in [0.29, 0.717) is 0 Å². The molecule has 0 bridgehead atoms. The van der Waals surface area contributed by atoms with Crippen LogP contribution in [0.1, 0.15) is 20.3 Å². The third-order valence-corrected chi connectivity index (χ3v) is 0.302. The fraction of sp³-hybridized carbons (Fsp3) is 0.500. The summed E-state index contributed by atoms with van der Waals surface area (Å²) in [7, 11) is 0. The van der Waals surface area contributed by atoms with E-state index in [-0.39, 0.29) is 12.9 Å². The maximum absolute atomic E-state index is 9.37. The minimum absolute atomic E-state index is 0.222. The van der Waals surface area contributed by atoms with Crippen LogP contribution in [0.25, 0.3) is 0 Å². The first-order valence-electron chi connectivity index (χ1n) is 2.91. The minimum Gasteiger partial charge on any atom is -0.483 e. The molecule has 12 heavy (non-hydrogen) atoms. The molecule has 0 unspecified atom stereocenters. The number of aliphatic carboxylic acids is 2. The van der Waals surface area contributed by atoms with Crippen molar-refractivity contribution in [3.63, 3.8) is 0 Å². The first-order chi connectivity index (χ1) is 5.42. The highest BCUT2D eigenvalue weighted by Gasteiger charge is 1.80. The number of carboxylic acids is 2. The van der Waals surface area contributed by atoms with Crippen molar-refractivity contribution in [2.75, 3.05) is 0 Å². The molecule has 0 aromatic heterocycles. The topological polar surface area (TPSA) is 112 Å². The van der Waals surface area contributed by atoms with Gasteiger partial charge in [0, 0.05) is 13.3 Å². The maximum atomic E-state index is 9.37. The van der Waals surface area contributed by atoms with Crippen molar-refractivity contribution in [1.29, 1.82) is 0 Å². The lowest BCUT2D eigenvalue weighted by atomic mass is 10.5. The van der Waals surface area contributed by atoms with Gasteiger partial charge in [-0.15, -0.1) is 0 Å². The van der Waals surface area contributed by atoms with Gasteiger partial charge in [-0.1, -0.05) is 6.92 Å². The summed E-state index contributed by atoms with van der Waals surface area (Å²) in [4.78, 5) is 26.7. The van der Waals surface area contributed by atoms with Gasteiger partial charge < -0.3 is 15.3 Å². The predicted molar refractivity (Wildman–Crippen MR) is 39.9 cm³/mol. The summed E-state index contributed by atoms with van der Waals surface area (Å²) in [5.41, 5.74) is 0. The molecule has 0 amide bonds. The average molecular weight is 180 g/mol. The van der Waals surface area contributed by atoms with Gasteiger partial charge in [0.1, 0.15) is 0 Å². The van der Waals surface area contributed by atoms with Crippen molar-refractivity contribution < 1.29 is 29.7 Å². The number of hydrogen-bond donors (Lipinski definition) is 3. The molecule has 0 aliphatic rings. The number of hydrogen-bond acceptors (Lipinski definition) is 3. The molecule has 0 aromatic carbocycles. The molecule has 0 spiro atoms. The third-order valence-electron chi connectivity index (χ3n) is 0.302. The maximum Gasteiger partial charge on any atom is 0.303 e. The molecule has 0 atom stereocenters. The predicted octanol–water partition coefficient (Wildman–Crippen LogP) is 0.273. The molecule has 6 heteroatoms. The van der Waals surface area contributed by atoms with Crippen LogP contribution in [0.2, 0.25) is 0 Å². The normalized spacial score (nSPS) is 6.17. The summed E-state index contributed by atoms with van der Waals surface area (Å²) in [5.74, 6) is -1.58. The van der Waals surface area contributed by atoms with E-state index >= 15 is 0 Å². The Bertz CT molecular complexity index is 126. The molecular formula is C6H12O6. The zero-order valence-corrected chi connectivity index (χ0v) is 6.85. The van der Waals surface area contributed by atoms with Crippen LogP contribution in [0.15, 0.2) is 0 Å². The highest BCUT2D eigenvalue weighted by atomic mass is 16.4. The Labute approximate surface area is 69.4 Å². The molecule has 0 aliphatic heterocycles. The molecule has 72 valence electrons. The smallest absolute Gasteiger partial charge is 0.303 e. The van der Waals surface area contributed by atoms with Crippen LogP contribution in [0.4, 0.5) is 0 Å². The van der Waals surface area contributed by atoms with Crippen LogP contribution in [-0.2, 0) is 14.4 Å². The highest BCUT2D eigenvalue weighted by Crippen LogP contribution is 1.67. The fourth-order valence-corrected chi connectivity index (χ4v) is 0. The molecule has 0 rings (SSSR count). The van der Waals surface area contributed by atoms with Crippen LogP contribution >= 0.6 is 0 Å².